The summed E-state index contributed by atoms with van der Waals surface area (Å²) in [5.74, 6) is -3.03. The quantitative estimate of drug-likeness (QED) is 0.438. The molecule has 0 amide bonds. The van der Waals surface area contributed by atoms with Crippen LogP contribution in [0.15, 0.2) is 6.20 Å². The number of carbonyl (C=O) groups is 1. The molecule has 0 radical (unpaired) electrons. The minimum absolute atomic E-state index is 0.270. The first kappa shape index (κ1) is 18.5. The van der Waals surface area contributed by atoms with Crippen molar-refractivity contribution in [1.82, 2.24) is 4.98 Å². The fourth-order valence-corrected chi connectivity index (χ4v) is 1.88. The number of alkyl halides is 7. The van der Waals surface area contributed by atoms with Gasteiger partial charge in [-0.2, -0.15) is 13.2 Å². The van der Waals surface area contributed by atoms with Crippen molar-refractivity contribution < 1.29 is 40.6 Å². The van der Waals surface area contributed by atoms with E-state index in [0.717, 1.165) is 0 Å². The van der Waals surface area contributed by atoms with Crippen LogP contribution in [-0.4, -0.2) is 23.9 Å². The highest BCUT2D eigenvalue weighted by Gasteiger charge is 2.44. The summed E-state index contributed by atoms with van der Waals surface area (Å²) in [6.07, 6.45) is -9.99. The van der Waals surface area contributed by atoms with Gasteiger partial charge in [-0.25, -0.2) is 9.78 Å². The van der Waals surface area contributed by atoms with Gasteiger partial charge in [0.2, 0.25) is 0 Å². The lowest BCUT2D eigenvalue weighted by molar-refractivity contribution is -0.276. The second-order valence-electron chi connectivity index (χ2n) is 3.74. The van der Waals surface area contributed by atoms with E-state index in [1.165, 1.54) is 6.92 Å². The van der Waals surface area contributed by atoms with Gasteiger partial charge >= 0.3 is 18.5 Å². The molecular weight excluding hydrogens is 388 g/mol. The minimum atomic E-state index is -5.37. The van der Waals surface area contributed by atoms with Gasteiger partial charge < -0.3 is 9.47 Å². The van der Waals surface area contributed by atoms with Crippen molar-refractivity contribution in [3.05, 3.63) is 23.0 Å². The van der Waals surface area contributed by atoms with Gasteiger partial charge in [-0.15, -0.1) is 13.2 Å². The molecule has 0 spiro atoms. The van der Waals surface area contributed by atoms with E-state index >= 15 is 0 Å². The van der Waals surface area contributed by atoms with Crippen LogP contribution in [0.1, 0.15) is 28.5 Å². The second kappa shape index (κ2) is 6.71. The lowest BCUT2D eigenvalue weighted by Crippen LogP contribution is -2.24. The van der Waals surface area contributed by atoms with Crippen LogP contribution < -0.4 is 4.74 Å². The zero-order valence-corrected chi connectivity index (χ0v) is 12.4. The monoisotopic (exact) mass is 395 g/mol. The summed E-state index contributed by atoms with van der Waals surface area (Å²) in [5.41, 5.74) is -3.74. The average Bonchev–Trinajstić information content (AvgIpc) is 2.35. The smallest absolute Gasteiger partial charge is 0.461 e. The van der Waals surface area contributed by atoms with Gasteiger partial charge in [0.15, 0.2) is 5.69 Å². The summed E-state index contributed by atoms with van der Waals surface area (Å²) < 4.78 is 84.2. The molecule has 1 aromatic heterocycles. The summed E-state index contributed by atoms with van der Waals surface area (Å²) in [5, 5.41) is -0.391. The summed E-state index contributed by atoms with van der Waals surface area (Å²) in [4.78, 5) is 14.7. The molecule has 0 aromatic carbocycles. The Labute approximate surface area is 128 Å². The standard InChI is InChI=1S/C11H8BrF6NO3/c1-2-21-9(20)7-6(10(13,14)15)8(22-11(16,17)18)5(3-12)4-19-7/h4H,2-3H2,1H3. The number of hydrogen-bond acceptors (Lipinski definition) is 4. The molecule has 11 heteroatoms. The number of pyridine rings is 1. The summed E-state index contributed by atoms with van der Waals surface area (Å²) >= 11 is 2.74. The SMILES string of the molecule is CCOC(=O)c1ncc(CBr)c(OC(F)(F)F)c1C(F)(F)F. The van der Waals surface area contributed by atoms with Crippen molar-refractivity contribution in [2.24, 2.45) is 0 Å². The Morgan fingerprint density at radius 1 is 1.27 bits per heavy atom. The summed E-state index contributed by atoms with van der Waals surface area (Å²) in [6.45, 7) is 1.05. The van der Waals surface area contributed by atoms with Crippen LogP contribution in [0.3, 0.4) is 0 Å². The van der Waals surface area contributed by atoms with E-state index in [9.17, 15) is 31.1 Å². The summed E-state index contributed by atoms with van der Waals surface area (Å²) in [7, 11) is 0. The van der Waals surface area contributed by atoms with Crippen LogP contribution in [0.5, 0.6) is 5.75 Å². The molecule has 0 aliphatic rings. The molecule has 0 saturated carbocycles. The molecular formula is C11H8BrF6NO3. The minimum Gasteiger partial charge on any atom is -0.461 e. The fraction of sp³-hybridized carbons (Fsp3) is 0.455. The number of nitrogens with zero attached hydrogens (tertiary/aromatic N) is 1. The molecule has 0 N–H and O–H groups in total. The van der Waals surface area contributed by atoms with E-state index in [-0.39, 0.29) is 6.61 Å². The van der Waals surface area contributed by atoms with E-state index in [1.807, 2.05) is 0 Å². The molecule has 0 aliphatic carbocycles. The van der Waals surface area contributed by atoms with Gasteiger partial charge in [0.25, 0.3) is 0 Å². The third-order valence-electron chi connectivity index (χ3n) is 2.22. The van der Waals surface area contributed by atoms with Gasteiger partial charge in [0.05, 0.1) is 6.61 Å². The largest absolute Gasteiger partial charge is 0.573 e. The first-order chi connectivity index (χ1) is 10.0. The second-order valence-corrected chi connectivity index (χ2v) is 4.30. The molecule has 124 valence electrons. The Balaban J connectivity index is 3.61. The maximum Gasteiger partial charge on any atom is 0.573 e. The zero-order valence-electron chi connectivity index (χ0n) is 10.8. The highest BCUT2D eigenvalue weighted by molar-refractivity contribution is 9.08. The van der Waals surface area contributed by atoms with E-state index in [4.69, 9.17) is 0 Å². The highest BCUT2D eigenvalue weighted by Crippen LogP contribution is 2.42. The molecule has 22 heavy (non-hydrogen) atoms. The first-order valence-corrected chi connectivity index (χ1v) is 6.71. The number of rotatable bonds is 4. The molecule has 0 aliphatic heterocycles. The Kier molecular flexibility index (Phi) is 5.65. The van der Waals surface area contributed by atoms with Gasteiger partial charge in [0.1, 0.15) is 11.3 Å². The fourth-order valence-electron chi connectivity index (χ4n) is 1.48. The maximum absolute atomic E-state index is 13.1. The number of esters is 1. The van der Waals surface area contributed by atoms with Gasteiger partial charge in [-0.1, -0.05) is 15.9 Å². The van der Waals surface area contributed by atoms with E-state index in [0.29, 0.717) is 6.20 Å². The van der Waals surface area contributed by atoms with Crippen LogP contribution in [0.4, 0.5) is 26.3 Å². The van der Waals surface area contributed by atoms with Crippen molar-refractivity contribution in [3.8, 4) is 5.75 Å². The van der Waals surface area contributed by atoms with Crippen LogP contribution in [-0.2, 0) is 16.2 Å². The average molecular weight is 396 g/mol. The topological polar surface area (TPSA) is 48.4 Å². The van der Waals surface area contributed by atoms with Gasteiger partial charge in [-0.05, 0) is 6.92 Å². The van der Waals surface area contributed by atoms with Crippen molar-refractivity contribution in [3.63, 3.8) is 0 Å². The highest BCUT2D eigenvalue weighted by atomic mass is 79.9. The van der Waals surface area contributed by atoms with Crippen LogP contribution in [0, 0.1) is 0 Å². The van der Waals surface area contributed by atoms with Crippen LogP contribution >= 0.6 is 15.9 Å². The predicted molar refractivity (Wildman–Crippen MR) is 64.5 cm³/mol. The molecule has 0 unspecified atom stereocenters. The van der Waals surface area contributed by atoms with Crippen molar-refractivity contribution in [2.75, 3.05) is 6.61 Å². The molecule has 0 saturated heterocycles. The number of carbonyl (C=O) groups excluding carboxylic acids is 1. The van der Waals surface area contributed by atoms with E-state index < -0.39 is 46.4 Å². The van der Waals surface area contributed by atoms with Gasteiger partial charge in [0, 0.05) is 17.1 Å². The lowest BCUT2D eigenvalue weighted by Gasteiger charge is -2.19. The molecule has 1 aromatic rings. The molecule has 0 atom stereocenters. The van der Waals surface area contributed by atoms with Crippen LogP contribution in [0.2, 0.25) is 0 Å². The van der Waals surface area contributed by atoms with Crippen molar-refractivity contribution >= 4 is 21.9 Å². The third-order valence-corrected chi connectivity index (χ3v) is 2.82. The Hall–Kier alpha value is -1.52. The normalized spacial score (nSPS) is 12.2. The predicted octanol–water partition coefficient (Wildman–Crippen LogP) is 4.07. The lowest BCUT2D eigenvalue weighted by atomic mass is 10.1. The third kappa shape index (κ3) is 4.49. The maximum atomic E-state index is 13.1. The number of ether oxygens (including phenoxy) is 2. The number of halogens is 7. The Bertz CT molecular complexity index is 558. The molecule has 4 nitrogen and oxygen atoms in total. The molecule has 1 rings (SSSR count). The molecule has 0 bridgehead atoms. The van der Waals surface area contributed by atoms with Crippen molar-refractivity contribution in [1.29, 1.82) is 0 Å². The number of hydrogen-bond donors (Lipinski definition) is 0. The van der Waals surface area contributed by atoms with E-state index in [1.54, 1.807) is 0 Å². The zero-order chi connectivity index (χ0) is 17.1. The van der Waals surface area contributed by atoms with E-state index in [2.05, 4.69) is 30.4 Å². The van der Waals surface area contributed by atoms with Crippen molar-refractivity contribution in [2.45, 2.75) is 24.8 Å². The Morgan fingerprint density at radius 3 is 2.27 bits per heavy atom. The molecule has 1 heterocycles. The van der Waals surface area contributed by atoms with Gasteiger partial charge in [-0.3, -0.25) is 0 Å². The number of aromatic nitrogens is 1. The van der Waals surface area contributed by atoms with Crippen LogP contribution in [0.25, 0.3) is 0 Å². The summed E-state index contributed by atoms with van der Waals surface area (Å²) in [6, 6.07) is 0. The first-order valence-electron chi connectivity index (χ1n) is 5.59. The molecule has 0 fully saturated rings. The Morgan fingerprint density at radius 2 is 1.86 bits per heavy atom.